The van der Waals surface area contributed by atoms with Crippen LogP contribution in [0.3, 0.4) is 0 Å². The first-order valence-electron chi connectivity index (χ1n) is 2.65. The van der Waals surface area contributed by atoms with Crippen LogP contribution in [0.2, 0.25) is 0 Å². The molecule has 2 heteroatoms. The van der Waals surface area contributed by atoms with Gasteiger partial charge in [0.2, 0.25) is 0 Å². The van der Waals surface area contributed by atoms with E-state index in [0.29, 0.717) is 0 Å². The zero-order chi connectivity index (χ0) is 6.41. The summed E-state index contributed by atoms with van der Waals surface area (Å²) in [6.07, 6.45) is 4.85. The monoisotopic (exact) mass is 132 g/mol. The van der Waals surface area contributed by atoms with Crippen molar-refractivity contribution in [3.63, 3.8) is 0 Å². The number of hydrogen-bond donors (Lipinski definition) is 1. The van der Waals surface area contributed by atoms with Crippen molar-refractivity contribution < 1.29 is 5.11 Å². The van der Waals surface area contributed by atoms with Crippen LogP contribution < -0.4 is 0 Å². The van der Waals surface area contributed by atoms with Crippen LogP contribution in [0.25, 0.3) is 0 Å². The van der Waals surface area contributed by atoms with E-state index in [9.17, 15) is 0 Å². The maximum atomic E-state index is 8.44. The van der Waals surface area contributed by atoms with Gasteiger partial charge >= 0.3 is 0 Å². The summed E-state index contributed by atoms with van der Waals surface area (Å²) in [4.78, 5) is 1.26. The van der Waals surface area contributed by atoms with Gasteiger partial charge in [0.05, 0.1) is 0 Å². The Hall–Kier alpha value is 0.0500. The van der Waals surface area contributed by atoms with E-state index in [2.05, 4.69) is 0 Å². The number of allylic oxidation sites excluding steroid dienone is 1. The van der Waals surface area contributed by atoms with Gasteiger partial charge in [0.1, 0.15) is 0 Å². The predicted octanol–water partition coefficient (Wildman–Crippen LogP) is 1.64. The van der Waals surface area contributed by atoms with Crippen LogP contribution >= 0.6 is 11.8 Å². The number of aliphatic hydroxyl groups excluding tert-OH is 1. The lowest BCUT2D eigenvalue weighted by Gasteiger charge is -1.96. The molecule has 0 heterocycles. The largest absolute Gasteiger partial charge is 0.396 e. The highest BCUT2D eigenvalue weighted by Crippen LogP contribution is 2.13. The molecule has 0 atom stereocenters. The summed E-state index contributed by atoms with van der Waals surface area (Å²) in [5.74, 6) is 0. The van der Waals surface area contributed by atoms with Gasteiger partial charge in [-0.05, 0) is 18.1 Å². The topological polar surface area (TPSA) is 20.2 Å². The fourth-order valence-corrected chi connectivity index (χ4v) is 1.01. The van der Waals surface area contributed by atoms with E-state index in [0.717, 1.165) is 6.42 Å². The van der Waals surface area contributed by atoms with E-state index in [1.54, 1.807) is 11.8 Å². The zero-order valence-electron chi connectivity index (χ0n) is 5.35. The summed E-state index contributed by atoms with van der Waals surface area (Å²) >= 11 is 1.70. The molecule has 0 saturated carbocycles. The average molecular weight is 132 g/mol. The molecule has 0 aliphatic heterocycles. The summed E-state index contributed by atoms with van der Waals surface area (Å²) in [5, 5.41) is 8.44. The van der Waals surface area contributed by atoms with E-state index in [1.165, 1.54) is 4.91 Å². The molecule has 1 N–H and O–H groups in total. The SMILES string of the molecule is C/C=C(\CCO)SC. The predicted molar refractivity (Wildman–Crippen MR) is 39.0 cm³/mol. The smallest absolute Gasteiger partial charge is 0.0476 e. The first kappa shape index (κ1) is 8.05. The number of rotatable bonds is 3. The minimum Gasteiger partial charge on any atom is -0.396 e. The first-order valence-corrected chi connectivity index (χ1v) is 3.87. The third kappa shape index (κ3) is 3.10. The van der Waals surface area contributed by atoms with Crippen molar-refractivity contribution >= 4 is 11.8 Å². The Morgan fingerprint density at radius 3 is 2.50 bits per heavy atom. The van der Waals surface area contributed by atoms with Gasteiger partial charge in [-0.1, -0.05) is 6.08 Å². The Bertz CT molecular complexity index is 78.6. The van der Waals surface area contributed by atoms with Crippen molar-refractivity contribution in [3.05, 3.63) is 11.0 Å². The van der Waals surface area contributed by atoms with Gasteiger partial charge < -0.3 is 5.11 Å². The van der Waals surface area contributed by atoms with Crippen molar-refractivity contribution in [1.29, 1.82) is 0 Å². The van der Waals surface area contributed by atoms with E-state index in [-0.39, 0.29) is 6.61 Å². The molecule has 0 aromatic rings. The molecule has 0 aliphatic carbocycles. The molecule has 0 saturated heterocycles. The molecule has 0 rings (SSSR count). The van der Waals surface area contributed by atoms with Crippen molar-refractivity contribution in [2.24, 2.45) is 0 Å². The highest BCUT2D eigenvalue weighted by atomic mass is 32.2. The van der Waals surface area contributed by atoms with Gasteiger partial charge in [-0.2, -0.15) is 0 Å². The highest BCUT2D eigenvalue weighted by molar-refractivity contribution is 8.02. The molecule has 0 aliphatic rings. The van der Waals surface area contributed by atoms with Crippen LogP contribution in [0.15, 0.2) is 11.0 Å². The van der Waals surface area contributed by atoms with E-state index < -0.39 is 0 Å². The summed E-state index contributed by atoms with van der Waals surface area (Å²) in [6.45, 7) is 2.25. The second-order valence-corrected chi connectivity index (χ2v) is 2.37. The summed E-state index contributed by atoms with van der Waals surface area (Å²) in [6, 6.07) is 0. The van der Waals surface area contributed by atoms with Crippen LogP contribution in [0.5, 0.6) is 0 Å². The van der Waals surface area contributed by atoms with Crippen molar-refractivity contribution in [2.45, 2.75) is 13.3 Å². The molecule has 48 valence electrons. The minimum absolute atomic E-state index is 0.264. The van der Waals surface area contributed by atoms with E-state index in [1.807, 2.05) is 19.3 Å². The van der Waals surface area contributed by atoms with Crippen LogP contribution in [-0.4, -0.2) is 18.0 Å². The average Bonchev–Trinajstić information content (AvgIpc) is 1.83. The van der Waals surface area contributed by atoms with Gasteiger partial charge in [0.15, 0.2) is 0 Å². The second-order valence-electron chi connectivity index (χ2n) is 1.43. The summed E-state index contributed by atoms with van der Waals surface area (Å²) in [5.41, 5.74) is 0. The Kier molecular flexibility index (Phi) is 5.22. The van der Waals surface area contributed by atoms with Crippen molar-refractivity contribution in [1.82, 2.24) is 0 Å². The van der Waals surface area contributed by atoms with Gasteiger partial charge in [-0.15, -0.1) is 11.8 Å². The highest BCUT2D eigenvalue weighted by Gasteiger charge is 1.88. The third-order valence-electron chi connectivity index (χ3n) is 0.942. The summed E-state index contributed by atoms with van der Waals surface area (Å²) in [7, 11) is 0. The molecule has 0 bridgehead atoms. The number of hydrogen-bond acceptors (Lipinski definition) is 2. The van der Waals surface area contributed by atoms with Crippen LogP contribution in [0, 0.1) is 0 Å². The standard InChI is InChI=1S/C6H12OS/c1-3-6(8-2)4-5-7/h3,7H,4-5H2,1-2H3/b6-3+. The first-order chi connectivity index (χ1) is 3.85. The molecule has 0 fully saturated rings. The Morgan fingerprint density at radius 1 is 1.75 bits per heavy atom. The Balaban J connectivity index is 3.38. The molecule has 0 aromatic carbocycles. The molecule has 0 aromatic heterocycles. The van der Waals surface area contributed by atoms with E-state index >= 15 is 0 Å². The van der Waals surface area contributed by atoms with Gasteiger partial charge in [-0.25, -0.2) is 0 Å². The van der Waals surface area contributed by atoms with Gasteiger partial charge in [0.25, 0.3) is 0 Å². The van der Waals surface area contributed by atoms with Crippen LogP contribution in [0.4, 0.5) is 0 Å². The third-order valence-corrected chi connectivity index (χ3v) is 1.91. The lowest BCUT2D eigenvalue weighted by molar-refractivity contribution is 0.301. The molecular weight excluding hydrogens is 120 g/mol. The zero-order valence-corrected chi connectivity index (χ0v) is 6.16. The molecule has 1 nitrogen and oxygen atoms in total. The molecular formula is C6H12OS. The number of thioether (sulfide) groups is 1. The molecule has 0 spiro atoms. The summed E-state index contributed by atoms with van der Waals surface area (Å²) < 4.78 is 0. The van der Waals surface area contributed by atoms with Crippen LogP contribution in [0.1, 0.15) is 13.3 Å². The van der Waals surface area contributed by atoms with Gasteiger partial charge in [0, 0.05) is 13.0 Å². The lowest BCUT2D eigenvalue weighted by atomic mass is 10.4. The Morgan fingerprint density at radius 2 is 2.38 bits per heavy atom. The quantitative estimate of drug-likeness (QED) is 0.630. The maximum absolute atomic E-state index is 8.44. The normalized spacial score (nSPS) is 12.1. The molecule has 0 amide bonds. The Labute approximate surface area is 54.8 Å². The van der Waals surface area contributed by atoms with Crippen LogP contribution in [-0.2, 0) is 0 Å². The number of aliphatic hydroxyl groups is 1. The fourth-order valence-electron chi connectivity index (χ4n) is 0.474. The molecule has 0 radical (unpaired) electrons. The van der Waals surface area contributed by atoms with Crippen molar-refractivity contribution in [3.8, 4) is 0 Å². The molecule has 0 unspecified atom stereocenters. The van der Waals surface area contributed by atoms with Gasteiger partial charge in [-0.3, -0.25) is 0 Å². The second kappa shape index (κ2) is 5.19. The fraction of sp³-hybridized carbons (Fsp3) is 0.667. The lowest BCUT2D eigenvalue weighted by Crippen LogP contribution is -1.82. The van der Waals surface area contributed by atoms with Crippen molar-refractivity contribution in [2.75, 3.05) is 12.9 Å². The minimum atomic E-state index is 0.264. The van der Waals surface area contributed by atoms with E-state index in [4.69, 9.17) is 5.11 Å². The maximum Gasteiger partial charge on any atom is 0.0476 e. The molecule has 8 heavy (non-hydrogen) atoms.